The number of benzene rings is 1. The maximum atomic E-state index is 12.4. The van der Waals surface area contributed by atoms with E-state index in [2.05, 4.69) is 10.3 Å². The van der Waals surface area contributed by atoms with E-state index in [-0.39, 0.29) is 5.91 Å². The Kier molecular flexibility index (Phi) is 1.93. The molecule has 90 valence electrons. The number of rotatable bonds is 1. The molecule has 0 radical (unpaired) electrons. The second-order valence-corrected chi connectivity index (χ2v) is 5.37. The number of amides is 1. The molecule has 2 aliphatic heterocycles. The second kappa shape index (κ2) is 3.40. The highest BCUT2D eigenvalue weighted by Gasteiger charge is 2.54. The fourth-order valence-corrected chi connectivity index (χ4v) is 3.78. The van der Waals surface area contributed by atoms with Crippen LogP contribution >= 0.6 is 11.3 Å². The molecule has 1 unspecified atom stereocenters. The lowest BCUT2D eigenvalue weighted by atomic mass is 9.99. The second-order valence-electron chi connectivity index (χ2n) is 4.48. The minimum atomic E-state index is -0.526. The molecule has 0 bridgehead atoms. The van der Waals surface area contributed by atoms with Crippen molar-refractivity contribution in [2.24, 2.45) is 0 Å². The Labute approximate surface area is 108 Å². The van der Waals surface area contributed by atoms with Gasteiger partial charge in [-0.2, -0.15) is 0 Å². The van der Waals surface area contributed by atoms with Crippen LogP contribution in [-0.2, 0) is 5.66 Å². The number of carbonyl (C=O) groups is 1. The summed E-state index contributed by atoms with van der Waals surface area (Å²) in [5.74, 6) is 0.103. The van der Waals surface area contributed by atoms with Gasteiger partial charge in [0.15, 0.2) is 5.66 Å². The molecule has 3 heterocycles. The number of thiazole rings is 1. The molecule has 1 N–H and O–H groups in total. The first-order chi connectivity index (χ1) is 8.84. The Morgan fingerprint density at radius 3 is 3.11 bits per heavy atom. The smallest absolute Gasteiger partial charge is 0.256 e. The Morgan fingerprint density at radius 1 is 1.39 bits per heavy atom. The highest BCUT2D eigenvalue weighted by Crippen LogP contribution is 2.44. The molecular weight excluding hydrogens is 246 g/mol. The third kappa shape index (κ3) is 1.04. The lowest BCUT2D eigenvalue weighted by Gasteiger charge is -2.30. The van der Waals surface area contributed by atoms with Crippen molar-refractivity contribution >= 4 is 17.2 Å². The van der Waals surface area contributed by atoms with Crippen molar-refractivity contribution in [3.8, 4) is 0 Å². The van der Waals surface area contributed by atoms with E-state index in [0.29, 0.717) is 0 Å². The van der Waals surface area contributed by atoms with Gasteiger partial charge in [-0.1, -0.05) is 18.2 Å². The zero-order chi connectivity index (χ0) is 12.2. The molecule has 0 saturated carbocycles. The van der Waals surface area contributed by atoms with Gasteiger partial charge >= 0.3 is 0 Å². The summed E-state index contributed by atoms with van der Waals surface area (Å²) in [6, 6.07) is 7.80. The molecule has 18 heavy (non-hydrogen) atoms. The van der Waals surface area contributed by atoms with Gasteiger partial charge < -0.3 is 4.90 Å². The summed E-state index contributed by atoms with van der Waals surface area (Å²) in [5.41, 5.74) is 1.30. The first-order valence-corrected chi connectivity index (χ1v) is 6.78. The molecule has 1 saturated heterocycles. The Hall–Kier alpha value is -1.72. The van der Waals surface area contributed by atoms with E-state index in [1.807, 2.05) is 34.5 Å². The van der Waals surface area contributed by atoms with Crippen LogP contribution < -0.4 is 5.32 Å². The highest BCUT2D eigenvalue weighted by atomic mass is 32.1. The average molecular weight is 257 g/mol. The van der Waals surface area contributed by atoms with Crippen LogP contribution in [0.4, 0.5) is 0 Å². The van der Waals surface area contributed by atoms with E-state index in [1.165, 1.54) is 0 Å². The zero-order valence-electron chi connectivity index (χ0n) is 9.59. The maximum absolute atomic E-state index is 12.4. The molecule has 1 aromatic heterocycles. The SMILES string of the molecule is O=C1c2ccccc2C2(c3nccs3)NCCN12. The molecule has 2 aromatic rings. The van der Waals surface area contributed by atoms with Crippen molar-refractivity contribution in [3.63, 3.8) is 0 Å². The third-order valence-corrected chi connectivity index (χ3v) is 4.54. The van der Waals surface area contributed by atoms with Crippen LogP contribution in [0.2, 0.25) is 0 Å². The lowest BCUT2D eigenvalue weighted by molar-refractivity contribution is 0.0694. The van der Waals surface area contributed by atoms with Crippen molar-refractivity contribution in [1.29, 1.82) is 0 Å². The van der Waals surface area contributed by atoms with Crippen LogP contribution in [0.5, 0.6) is 0 Å². The largest absolute Gasteiger partial charge is 0.309 e. The summed E-state index contributed by atoms with van der Waals surface area (Å²) in [7, 11) is 0. The molecule has 4 nitrogen and oxygen atoms in total. The molecule has 5 heteroatoms. The van der Waals surface area contributed by atoms with Crippen LogP contribution in [0.1, 0.15) is 20.9 Å². The normalized spacial score (nSPS) is 25.3. The summed E-state index contributed by atoms with van der Waals surface area (Å²) < 4.78 is 0. The molecule has 4 rings (SSSR count). The van der Waals surface area contributed by atoms with Crippen LogP contribution in [-0.4, -0.2) is 28.9 Å². The van der Waals surface area contributed by atoms with Gasteiger partial charge in [0.25, 0.3) is 5.91 Å². The molecular formula is C13H11N3OS. The van der Waals surface area contributed by atoms with Gasteiger partial charge in [-0.15, -0.1) is 11.3 Å². The van der Waals surface area contributed by atoms with Crippen molar-refractivity contribution < 1.29 is 4.79 Å². The van der Waals surface area contributed by atoms with Crippen molar-refractivity contribution in [1.82, 2.24) is 15.2 Å². The summed E-state index contributed by atoms with van der Waals surface area (Å²) in [6.45, 7) is 1.53. The Morgan fingerprint density at radius 2 is 2.28 bits per heavy atom. The number of aromatic nitrogens is 1. The molecule has 1 amide bonds. The molecule has 1 atom stereocenters. The van der Waals surface area contributed by atoms with Gasteiger partial charge in [0, 0.05) is 35.8 Å². The number of fused-ring (bicyclic) bond motifs is 3. The van der Waals surface area contributed by atoms with E-state index in [4.69, 9.17) is 0 Å². The molecule has 1 aromatic carbocycles. The van der Waals surface area contributed by atoms with Gasteiger partial charge in [0.1, 0.15) is 5.01 Å². The molecule has 0 aliphatic carbocycles. The predicted molar refractivity (Wildman–Crippen MR) is 68.4 cm³/mol. The van der Waals surface area contributed by atoms with Crippen LogP contribution in [0.25, 0.3) is 0 Å². The zero-order valence-corrected chi connectivity index (χ0v) is 10.4. The Balaban J connectivity index is 2.03. The molecule has 2 aliphatic rings. The van der Waals surface area contributed by atoms with E-state index in [1.54, 1.807) is 17.5 Å². The number of nitrogens with one attached hydrogen (secondary N) is 1. The van der Waals surface area contributed by atoms with Gasteiger partial charge in [0.2, 0.25) is 0 Å². The summed E-state index contributed by atoms with van der Waals surface area (Å²) in [5, 5.41) is 6.37. The van der Waals surface area contributed by atoms with Crippen LogP contribution in [0.15, 0.2) is 35.8 Å². The maximum Gasteiger partial charge on any atom is 0.256 e. The van der Waals surface area contributed by atoms with Crippen molar-refractivity contribution in [3.05, 3.63) is 52.0 Å². The highest BCUT2D eigenvalue weighted by molar-refractivity contribution is 7.09. The van der Waals surface area contributed by atoms with Gasteiger partial charge in [-0.3, -0.25) is 10.1 Å². The average Bonchev–Trinajstić information content (AvgIpc) is 3.09. The minimum Gasteiger partial charge on any atom is -0.309 e. The number of nitrogens with zero attached hydrogens (tertiary/aromatic N) is 2. The first-order valence-electron chi connectivity index (χ1n) is 5.90. The van der Waals surface area contributed by atoms with E-state index >= 15 is 0 Å². The molecule has 0 spiro atoms. The number of carbonyl (C=O) groups excluding carboxylic acids is 1. The topological polar surface area (TPSA) is 45.2 Å². The minimum absolute atomic E-state index is 0.103. The van der Waals surface area contributed by atoms with Crippen LogP contribution in [0, 0.1) is 0 Å². The summed E-state index contributed by atoms with van der Waals surface area (Å²) in [6.07, 6.45) is 1.79. The molecule has 1 fully saturated rings. The quantitative estimate of drug-likeness (QED) is 0.840. The van der Waals surface area contributed by atoms with Gasteiger partial charge in [-0.25, -0.2) is 4.98 Å². The first kappa shape index (κ1) is 10.2. The van der Waals surface area contributed by atoms with Crippen molar-refractivity contribution in [2.75, 3.05) is 13.1 Å². The van der Waals surface area contributed by atoms with Crippen molar-refractivity contribution in [2.45, 2.75) is 5.66 Å². The van der Waals surface area contributed by atoms with E-state index in [9.17, 15) is 4.79 Å². The third-order valence-electron chi connectivity index (χ3n) is 3.66. The van der Waals surface area contributed by atoms with E-state index in [0.717, 1.165) is 29.2 Å². The summed E-state index contributed by atoms with van der Waals surface area (Å²) in [4.78, 5) is 18.8. The van der Waals surface area contributed by atoms with Gasteiger partial charge in [0.05, 0.1) is 0 Å². The predicted octanol–water partition coefficient (Wildman–Crippen LogP) is 1.40. The van der Waals surface area contributed by atoms with Gasteiger partial charge in [-0.05, 0) is 6.07 Å². The number of hydrogen-bond acceptors (Lipinski definition) is 4. The fourth-order valence-electron chi connectivity index (χ4n) is 2.95. The van der Waals surface area contributed by atoms with Crippen LogP contribution in [0.3, 0.4) is 0 Å². The summed E-state index contributed by atoms with van der Waals surface area (Å²) >= 11 is 1.59. The fraction of sp³-hybridized carbons (Fsp3) is 0.231. The lowest BCUT2D eigenvalue weighted by Crippen LogP contribution is -2.46. The Bertz CT molecular complexity index is 625. The van der Waals surface area contributed by atoms with E-state index < -0.39 is 5.66 Å². The monoisotopic (exact) mass is 257 g/mol. The standard InChI is InChI=1S/C13H11N3OS/c17-11-9-3-1-2-4-10(9)13(12-14-6-8-18-12)15-5-7-16(11)13/h1-4,6,8,15H,5,7H2. The number of hydrogen-bond donors (Lipinski definition) is 1.